The molecule has 0 aromatic heterocycles. The van der Waals surface area contributed by atoms with Crippen molar-refractivity contribution in [2.24, 2.45) is 0 Å². The summed E-state index contributed by atoms with van der Waals surface area (Å²) in [5, 5.41) is 9.09. The second-order valence-electron chi connectivity index (χ2n) is 3.39. The molecule has 4 nitrogen and oxygen atoms in total. The molecule has 1 N–H and O–H groups in total. The lowest BCUT2D eigenvalue weighted by molar-refractivity contribution is -0.161. The zero-order valence-electron chi connectivity index (χ0n) is 9.28. The highest BCUT2D eigenvalue weighted by Crippen LogP contribution is 2.33. The molecule has 5 heteroatoms. The fourth-order valence-corrected chi connectivity index (χ4v) is 1.37. The summed E-state index contributed by atoms with van der Waals surface area (Å²) in [4.78, 5) is 11.1. The lowest BCUT2D eigenvalue weighted by Gasteiger charge is -2.25. The molecule has 0 spiro atoms. The smallest absolute Gasteiger partial charge is 0.340 e. The minimum absolute atomic E-state index is 0.144. The summed E-state index contributed by atoms with van der Waals surface area (Å²) in [6.07, 6.45) is 0. The second kappa shape index (κ2) is 4.49. The quantitative estimate of drug-likeness (QED) is 0.853. The highest BCUT2D eigenvalue weighted by molar-refractivity contribution is 5.80. The summed E-state index contributed by atoms with van der Waals surface area (Å²) in [7, 11) is 2.63. The molecule has 0 aliphatic rings. The van der Waals surface area contributed by atoms with Crippen LogP contribution >= 0.6 is 0 Å². The molecule has 0 amide bonds. The first-order valence-corrected chi connectivity index (χ1v) is 4.58. The number of methoxy groups -OCH3 is 2. The molecule has 0 fully saturated rings. The van der Waals surface area contributed by atoms with E-state index in [4.69, 9.17) is 14.6 Å². The minimum atomic E-state index is -1.63. The fraction of sp³-hybridized carbons (Fsp3) is 0.364. The van der Waals surface area contributed by atoms with Crippen molar-refractivity contribution < 1.29 is 23.8 Å². The van der Waals surface area contributed by atoms with Crippen molar-refractivity contribution in [1.82, 2.24) is 0 Å². The van der Waals surface area contributed by atoms with E-state index in [1.165, 1.54) is 33.3 Å². The molecule has 88 valence electrons. The minimum Gasteiger partial charge on any atom is -0.496 e. The molecule has 16 heavy (non-hydrogen) atoms. The molecule has 1 unspecified atom stereocenters. The van der Waals surface area contributed by atoms with E-state index in [0.29, 0.717) is 0 Å². The number of ether oxygens (including phenoxy) is 2. The summed E-state index contributed by atoms with van der Waals surface area (Å²) in [6.45, 7) is 1.34. The van der Waals surface area contributed by atoms with Gasteiger partial charge in [-0.25, -0.2) is 9.18 Å². The number of carboxylic acid groups (broad SMARTS) is 1. The highest BCUT2D eigenvalue weighted by atomic mass is 19.1. The van der Waals surface area contributed by atoms with Crippen molar-refractivity contribution in [3.05, 3.63) is 29.6 Å². The van der Waals surface area contributed by atoms with Crippen LogP contribution in [-0.2, 0) is 15.1 Å². The lowest BCUT2D eigenvalue weighted by Crippen LogP contribution is -2.34. The molecule has 0 aliphatic carbocycles. The van der Waals surface area contributed by atoms with Gasteiger partial charge in [0, 0.05) is 12.7 Å². The Morgan fingerprint density at radius 1 is 1.44 bits per heavy atom. The van der Waals surface area contributed by atoms with Crippen LogP contribution in [0.4, 0.5) is 4.39 Å². The van der Waals surface area contributed by atoms with Crippen LogP contribution in [0, 0.1) is 5.82 Å². The van der Waals surface area contributed by atoms with Crippen LogP contribution in [0.1, 0.15) is 12.5 Å². The summed E-state index contributed by atoms with van der Waals surface area (Å²) in [6, 6.07) is 3.65. The predicted molar refractivity (Wildman–Crippen MR) is 54.9 cm³/mol. The van der Waals surface area contributed by atoms with Gasteiger partial charge in [0.1, 0.15) is 11.6 Å². The summed E-state index contributed by atoms with van der Waals surface area (Å²) >= 11 is 0. The number of carbonyl (C=O) groups is 1. The predicted octanol–water partition coefficient (Wildman–Crippen LogP) is 1.78. The molecule has 0 bridgehead atoms. The first-order valence-electron chi connectivity index (χ1n) is 4.58. The Bertz CT molecular complexity index is 405. The SMILES string of the molecule is COc1ccc(F)cc1C(C)(OC)C(=O)O. The molecule has 1 atom stereocenters. The normalized spacial score (nSPS) is 14.2. The summed E-state index contributed by atoms with van der Waals surface area (Å²) < 4.78 is 23.0. The van der Waals surface area contributed by atoms with Gasteiger partial charge in [-0.15, -0.1) is 0 Å². The maximum absolute atomic E-state index is 13.1. The van der Waals surface area contributed by atoms with Gasteiger partial charge < -0.3 is 14.6 Å². The van der Waals surface area contributed by atoms with E-state index in [9.17, 15) is 9.18 Å². The zero-order chi connectivity index (χ0) is 12.3. The number of halogens is 1. The Kier molecular flexibility index (Phi) is 3.49. The molecule has 0 heterocycles. The Morgan fingerprint density at radius 3 is 2.50 bits per heavy atom. The number of hydrogen-bond acceptors (Lipinski definition) is 3. The van der Waals surface area contributed by atoms with E-state index in [0.717, 1.165) is 6.07 Å². The molecule has 1 aromatic rings. The van der Waals surface area contributed by atoms with Crippen molar-refractivity contribution in [2.45, 2.75) is 12.5 Å². The zero-order valence-corrected chi connectivity index (χ0v) is 9.28. The van der Waals surface area contributed by atoms with E-state index >= 15 is 0 Å². The third-order valence-electron chi connectivity index (χ3n) is 2.49. The Morgan fingerprint density at radius 2 is 2.06 bits per heavy atom. The van der Waals surface area contributed by atoms with Crippen LogP contribution in [0.3, 0.4) is 0 Å². The first-order chi connectivity index (χ1) is 7.45. The largest absolute Gasteiger partial charge is 0.496 e. The van der Waals surface area contributed by atoms with E-state index in [1.54, 1.807) is 0 Å². The van der Waals surface area contributed by atoms with Gasteiger partial charge in [0.25, 0.3) is 0 Å². The fourth-order valence-electron chi connectivity index (χ4n) is 1.37. The van der Waals surface area contributed by atoms with E-state index < -0.39 is 17.4 Å². The Labute approximate surface area is 92.6 Å². The third kappa shape index (κ3) is 1.99. The van der Waals surface area contributed by atoms with E-state index in [-0.39, 0.29) is 11.3 Å². The number of hydrogen-bond donors (Lipinski definition) is 1. The Hall–Kier alpha value is -1.62. The molecule has 0 radical (unpaired) electrons. The van der Waals surface area contributed by atoms with Crippen molar-refractivity contribution in [3.63, 3.8) is 0 Å². The van der Waals surface area contributed by atoms with Gasteiger partial charge in [0.2, 0.25) is 0 Å². The van der Waals surface area contributed by atoms with Crippen molar-refractivity contribution in [3.8, 4) is 5.75 Å². The molecule has 0 aliphatic heterocycles. The molecule has 0 saturated carbocycles. The monoisotopic (exact) mass is 228 g/mol. The molecule has 1 rings (SSSR count). The number of carboxylic acids is 1. The van der Waals surface area contributed by atoms with Crippen LogP contribution in [-0.4, -0.2) is 25.3 Å². The van der Waals surface area contributed by atoms with Gasteiger partial charge in [-0.3, -0.25) is 0 Å². The second-order valence-corrected chi connectivity index (χ2v) is 3.39. The number of benzene rings is 1. The Balaban J connectivity index is 3.39. The molecule has 0 saturated heterocycles. The topological polar surface area (TPSA) is 55.8 Å². The van der Waals surface area contributed by atoms with Gasteiger partial charge in [0.05, 0.1) is 7.11 Å². The average Bonchev–Trinajstić information content (AvgIpc) is 2.27. The van der Waals surface area contributed by atoms with Gasteiger partial charge in [0.15, 0.2) is 5.60 Å². The van der Waals surface area contributed by atoms with Gasteiger partial charge >= 0.3 is 5.97 Å². The first kappa shape index (κ1) is 12.4. The molecule has 1 aromatic carbocycles. The van der Waals surface area contributed by atoms with Crippen molar-refractivity contribution in [1.29, 1.82) is 0 Å². The van der Waals surface area contributed by atoms with E-state index in [1.807, 2.05) is 0 Å². The van der Waals surface area contributed by atoms with Gasteiger partial charge in [-0.2, -0.15) is 0 Å². The summed E-state index contributed by atoms with van der Waals surface area (Å²) in [5.41, 5.74) is -1.49. The summed E-state index contributed by atoms with van der Waals surface area (Å²) in [5.74, 6) is -1.48. The number of aliphatic carboxylic acids is 1. The van der Waals surface area contributed by atoms with Crippen LogP contribution in [0.15, 0.2) is 18.2 Å². The van der Waals surface area contributed by atoms with Crippen LogP contribution in [0.5, 0.6) is 5.75 Å². The lowest BCUT2D eigenvalue weighted by atomic mass is 9.94. The van der Waals surface area contributed by atoms with E-state index in [2.05, 4.69) is 0 Å². The van der Waals surface area contributed by atoms with Gasteiger partial charge in [-0.1, -0.05) is 0 Å². The number of rotatable bonds is 4. The van der Waals surface area contributed by atoms with Crippen LogP contribution < -0.4 is 4.74 Å². The molecular formula is C11H13FO4. The van der Waals surface area contributed by atoms with Gasteiger partial charge in [-0.05, 0) is 25.1 Å². The van der Waals surface area contributed by atoms with Crippen LogP contribution in [0.2, 0.25) is 0 Å². The molecular weight excluding hydrogens is 215 g/mol. The van der Waals surface area contributed by atoms with Crippen LogP contribution in [0.25, 0.3) is 0 Å². The van der Waals surface area contributed by atoms with Crippen molar-refractivity contribution in [2.75, 3.05) is 14.2 Å². The average molecular weight is 228 g/mol. The maximum atomic E-state index is 13.1. The third-order valence-corrected chi connectivity index (χ3v) is 2.49. The highest BCUT2D eigenvalue weighted by Gasteiger charge is 2.38. The standard InChI is InChI=1S/C11H13FO4/c1-11(16-3,10(13)14)8-6-7(12)4-5-9(8)15-2/h4-6H,1-3H3,(H,13,14). The maximum Gasteiger partial charge on any atom is 0.340 e. The van der Waals surface area contributed by atoms with Crippen molar-refractivity contribution >= 4 is 5.97 Å².